The van der Waals surface area contributed by atoms with Crippen LogP contribution in [-0.2, 0) is 16.1 Å². The summed E-state index contributed by atoms with van der Waals surface area (Å²) in [5, 5.41) is 3.04. The van der Waals surface area contributed by atoms with Gasteiger partial charge in [0.15, 0.2) is 0 Å². The van der Waals surface area contributed by atoms with Crippen LogP contribution >= 0.6 is 0 Å². The second-order valence-corrected chi connectivity index (χ2v) is 4.84. The molecule has 0 spiro atoms. The molecule has 0 bridgehead atoms. The lowest BCUT2D eigenvalue weighted by atomic mass is 9.97. The average Bonchev–Trinajstić information content (AvgIpc) is 2.47. The molecule has 1 aliphatic heterocycles. The Hall–Kier alpha value is -1.62. The fourth-order valence-electron chi connectivity index (χ4n) is 2.43. The number of nitrogens with zero attached hydrogens (tertiary/aromatic N) is 2. The Morgan fingerprint density at radius 1 is 1.47 bits per heavy atom. The summed E-state index contributed by atoms with van der Waals surface area (Å²) in [5.74, 6) is 0.884. The summed E-state index contributed by atoms with van der Waals surface area (Å²) in [6, 6.07) is 6.00. The van der Waals surface area contributed by atoms with Crippen molar-refractivity contribution in [1.29, 1.82) is 0 Å². The largest absolute Gasteiger partial charge is 0.469 e. The van der Waals surface area contributed by atoms with Gasteiger partial charge in [0.2, 0.25) is 0 Å². The van der Waals surface area contributed by atoms with Gasteiger partial charge in [-0.15, -0.1) is 0 Å². The Kier molecular flexibility index (Phi) is 4.74. The van der Waals surface area contributed by atoms with E-state index in [9.17, 15) is 4.79 Å². The van der Waals surface area contributed by atoms with Crippen molar-refractivity contribution >= 4 is 11.8 Å². The number of hydrogen-bond donors (Lipinski definition) is 1. The Labute approximate surface area is 114 Å². The maximum Gasteiger partial charge on any atom is 0.308 e. The van der Waals surface area contributed by atoms with Crippen molar-refractivity contribution in [2.24, 2.45) is 5.92 Å². The molecule has 2 rings (SSSR count). The third-order valence-corrected chi connectivity index (χ3v) is 3.57. The SMILES string of the molecule is CNc1cccc(CN2CCC(C(=O)OC)CC2)n1. The normalized spacial score (nSPS) is 17.2. The number of piperidine rings is 1. The zero-order valence-corrected chi connectivity index (χ0v) is 11.6. The number of anilines is 1. The predicted octanol–water partition coefficient (Wildman–Crippen LogP) is 1.51. The second-order valence-electron chi connectivity index (χ2n) is 4.84. The number of aromatic nitrogens is 1. The van der Waals surface area contributed by atoms with Gasteiger partial charge in [0, 0.05) is 13.6 Å². The van der Waals surface area contributed by atoms with Crippen LogP contribution in [0, 0.1) is 5.92 Å². The van der Waals surface area contributed by atoms with E-state index in [-0.39, 0.29) is 11.9 Å². The van der Waals surface area contributed by atoms with Crippen LogP contribution in [0.25, 0.3) is 0 Å². The van der Waals surface area contributed by atoms with Gasteiger partial charge in [-0.2, -0.15) is 0 Å². The molecule has 19 heavy (non-hydrogen) atoms. The molecule has 0 saturated carbocycles. The van der Waals surface area contributed by atoms with Gasteiger partial charge < -0.3 is 10.1 Å². The van der Waals surface area contributed by atoms with E-state index >= 15 is 0 Å². The van der Waals surface area contributed by atoms with E-state index in [1.165, 1.54) is 7.11 Å². The Morgan fingerprint density at radius 2 is 2.21 bits per heavy atom. The lowest BCUT2D eigenvalue weighted by Gasteiger charge is -2.30. The minimum absolute atomic E-state index is 0.0675. The topological polar surface area (TPSA) is 54.5 Å². The first-order chi connectivity index (χ1) is 9.22. The monoisotopic (exact) mass is 263 g/mol. The Bertz CT molecular complexity index is 428. The molecule has 1 fully saturated rings. The van der Waals surface area contributed by atoms with Gasteiger partial charge in [-0.1, -0.05) is 6.07 Å². The van der Waals surface area contributed by atoms with Crippen molar-refractivity contribution in [3.63, 3.8) is 0 Å². The van der Waals surface area contributed by atoms with Gasteiger partial charge in [-0.3, -0.25) is 9.69 Å². The van der Waals surface area contributed by atoms with Gasteiger partial charge in [-0.05, 0) is 38.1 Å². The van der Waals surface area contributed by atoms with Crippen molar-refractivity contribution in [3.8, 4) is 0 Å². The zero-order chi connectivity index (χ0) is 13.7. The van der Waals surface area contributed by atoms with E-state index in [0.717, 1.165) is 44.0 Å². The van der Waals surface area contributed by atoms with Crippen molar-refractivity contribution in [3.05, 3.63) is 23.9 Å². The van der Waals surface area contributed by atoms with Crippen molar-refractivity contribution in [2.45, 2.75) is 19.4 Å². The van der Waals surface area contributed by atoms with Gasteiger partial charge >= 0.3 is 5.97 Å². The van der Waals surface area contributed by atoms with Crippen LogP contribution in [0.2, 0.25) is 0 Å². The second kappa shape index (κ2) is 6.52. The fourth-order valence-corrected chi connectivity index (χ4v) is 2.43. The number of esters is 1. The van der Waals surface area contributed by atoms with Crippen LogP contribution in [0.3, 0.4) is 0 Å². The molecule has 0 aromatic carbocycles. The van der Waals surface area contributed by atoms with Crippen LogP contribution in [-0.4, -0.2) is 43.1 Å². The number of pyridine rings is 1. The third kappa shape index (κ3) is 3.67. The molecule has 5 nitrogen and oxygen atoms in total. The van der Waals surface area contributed by atoms with Crippen LogP contribution in [0.15, 0.2) is 18.2 Å². The van der Waals surface area contributed by atoms with Crippen molar-refractivity contribution < 1.29 is 9.53 Å². The van der Waals surface area contributed by atoms with Gasteiger partial charge in [-0.25, -0.2) is 4.98 Å². The maximum absolute atomic E-state index is 11.5. The molecular formula is C14H21N3O2. The molecule has 0 atom stereocenters. The molecule has 1 aromatic heterocycles. The van der Waals surface area contributed by atoms with Crippen molar-refractivity contribution in [1.82, 2.24) is 9.88 Å². The molecule has 2 heterocycles. The highest BCUT2D eigenvalue weighted by Gasteiger charge is 2.25. The first-order valence-corrected chi connectivity index (χ1v) is 6.67. The van der Waals surface area contributed by atoms with E-state index in [4.69, 9.17) is 4.74 Å². The molecule has 1 N–H and O–H groups in total. The number of carbonyl (C=O) groups is 1. The number of likely N-dealkylation sites (tertiary alicyclic amines) is 1. The van der Waals surface area contributed by atoms with E-state index in [2.05, 4.69) is 15.2 Å². The number of rotatable bonds is 4. The smallest absolute Gasteiger partial charge is 0.308 e. The molecule has 0 radical (unpaired) electrons. The molecule has 1 aromatic rings. The molecule has 0 unspecified atom stereocenters. The highest BCUT2D eigenvalue weighted by atomic mass is 16.5. The molecule has 5 heteroatoms. The maximum atomic E-state index is 11.5. The summed E-state index contributed by atoms with van der Waals surface area (Å²) in [7, 11) is 3.33. The number of ether oxygens (including phenoxy) is 1. The first-order valence-electron chi connectivity index (χ1n) is 6.67. The Morgan fingerprint density at radius 3 is 2.84 bits per heavy atom. The molecule has 1 aliphatic rings. The Balaban J connectivity index is 1.86. The van der Waals surface area contributed by atoms with E-state index in [0.29, 0.717) is 0 Å². The van der Waals surface area contributed by atoms with Gasteiger partial charge in [0.1, 0.15) is 5.82 Å². The van der Waals surface area contributed by atoms with Gasteiger partial charge in [0.25, 0.3) is 0 Å². The standard InChI is InChI=1S/C14H21N3O2/c1-15-13-5-3-4-12(16-13)10-17-8-6-11(7-9-17)14(18)19-2/h3-5,11H,6-10H2,1-2H3,(H,15,16). The third-order valence-electron chi connectivity index (χ3n) is 3.57. The predicted molar refractivity (Wildman–Crippen MR) is 73.8 cm³/mol. The van der Waals surface area contributed by atoms with Crippen LogP contribution in [0.5, 0.6) is 0 Å². The quantitative estimate of drug-likeness (QED) is 0.834. The summed E-state index contributed by atoms with van der Waals surface area (Å²) >= 11 is 0. The van der Waals surface area contributed by atoms with Gasteiger partial charge in [0.05, 0.1) is 18.7 Å². The van der Waals surface area contributed by atoms with Crippen molar-refractivity contribution in [2.75, 3.05) is 32.6 Å². The minimum atomic E-state index is -0.0741. The van der Waals surface area contributed by atoms with Crippen LogP contribution in [0.1, 0.15) is 18.5 Å². The van der Waals surface area contributed by atoms with E-state index in [1.54, 1.807) is 0 Å². The zero-order valence-electron chi connectivity index (χ0n) is 11.6. The molecule has 0 aliphatic carbocycles. The lowest BCUT2D eigenvalue weighted by molar-refractivity contribution is -0.147. The minimum Gasteiger partial charge on any atom is -0.469 e. The number of nitrogens with one attached hydrogen (secondary N) is 1. The summed E-state index contributed by atoms with van der Waals surface area (Å²) in [6.45, 7) is 2.68. The summed E-state index contributed by atoms with van der Waals surface area (Å²) in [4.78, 5) is 18.3. The number of hydrogen-bond acceptors (Lipinski definition) is 5. The fraction of sp³-hybridized carbons (Fsp3) is 0.571. The summed E-state index contributed by atoms with van der Waals surface area (Å²) in [6.07, 6.45) is 1.75. The summed E-state index contributed by atoms with van der Waals surface area (Å²) < 4.78 is 4.80. The molecule has 104 valence electrons. The van der Waals surface area contributed by atoms with Crippen LogP contribution in [0.4, 0.5) is 5.82 Å². The van der Waals surface area contributed by atoms with E-state index in [1.807, 2.05) is 25.2 Å². The highest BCUT2D eigenvalue weighted by molar-refractivity contribution is 5.72. The number of carbonyl (C=O) groups excluding carboxylic acids is 1. The molecule has 1 saturated heterocycles. The van der Waals surface area contributed by atoms with Crippen LogP contribution < -0.4 is 5.32 Å². The lowest BCUT2D eigenvalue weighted by Crippen LogP contribution is -2.36. The molecule has 0 amide bonds. The number of methoxy groups -OCH3 is 1. The molecular weight excluding hydrogens is 242 g/mol. The first kappa shape index (κ1) is 13.8. The summed E-state index contributed by atoms with van der Waals surface area (Å²) in [5.41, 5.74) is 1.06. The average molecular weight is 263 g/mol. The highest BCUT2D eigenvalue weighted by Crippen LogP contribution is 2.19. The van der Waals surface area contributed by atoms with E-state index < -0.39 is 0 Å².